The van der Waals surface area contributed by atoms with Crippen molar-refractivity contribution in [3.8, 4) is 11.1 Å². The number of imide groups is 1. The minimum Gasteiger partial charge on any atom is -0.349 e. The van der Waals surface area contributed by atoms with E-state index in [4.69, 9.17) is 0 Å². The first-order chi connectivity index (χ1) is 15.5. The van der Waals surface area contributed by atoms with Gasteiger partial charge in [0.15, 0.2) is 0 Å². The number of alkyl halides is 3. The molecule has 2 aromatic carbocycles. The van der Waals surface area contributed by atoms with E-state index >= 15 is 0 Å². The van der Waals surface area contributed by atoms with Crippen LogP contribution in [0.15, 0.2) is 42.5 Å². The van der Waals surface area contributed by atoms with Gasteiger partial charge in [0.05, 0.1) is 17.7 Å². The van der Waals surface area contributed by atoms with Crippen molar-refractivity contribution in [2.45, 2.75) is 38.4 Å². The molecule has 0 saturated carbocycles. The molecule has 1 aliphatic rings. The molecule has 0 spiro atoms. The van der Waals surface area contributed by atoms with Crippen molar-refractivity contribution in [1.82, 2.24) is 16.0 Å². The molecule has 0 bridgehead atoms. The summed E-state index contributed by atoms with van der Waals surface area (Å²) in [7, 11) is 0. The van der Waals surface area contributed by atoms with Gasteiger partial charge in [0.2, 0.25) is 0 Å². The second-order valence-corrected chi connectivity index (χ2v) is 7.99. The fourth-order valence-electron chi connectivity index (χ4n) is 3.98. The van der Waals surface area contributed by atoms with Crippen molar-refractivity contribution in [3.63, 3.8) is 0 Å². The van der Waals surface area contributed by atoms with Crippen LogP contribution < -0.4 is 16.0 Å². The number of benzene rings is 2. The molecule has 0 aromatic heterocycles. The monoisotopic (exact) mass is 465 g/mol. The molecule has 3 rings (SSSR count). The molecule has 1 fully saturated rings. The third-order valence-electron chi connectivity index (χ3n) is 5.82. The van der Waals surface area contributed by atoms with Crippen LogP contribution in [-0.2, 0) is 11.0 Å². The Bertz CT molecular complexity index is 1070. The molecule has 2 unspecified atom stereocenters. The highest BCUT2D eigenvalue weighted by molar-refractivity contribution is 6.08. The lowest BCUT2D eigenvalue weighted by Gasteiger charge is -2.32. The number of hydrogen-bond acceptors (Lipinski definition) is 3. The van der Waals surface area contributed by atoms with Crippen LogP contribution in [0.2, 0.25) is 0 Å². The van der Waals surface area contributed by atoms with Gasteiger partial charge >= 0.3 is 12.2 Å². The first-order valence-corrected chi connectivity index (χ1v) is 10.4. The molecule has 3 N–H and O–H groups in total. The number of amides is 4. The summed E-state index contributed by atoms with van der Waals surface area (Å²) < 4.78 is 53.3. The second kappa shape index (κ2) is 9.21. The average Bonchev–Trinajstić information content (AvgIpc) is 3.05. The van der Waals surface area contributed by atoms with E-state index < -0.39 is 40.9 Å². The Morgan fingerprint density at radius 2 is 1.79 bits per heavy atom. The number of hydrogen-bond donors (Lipinski definition) is 3. The smallest absolute Gasteiger partial charge is 0.349 e. The van der Waals surface area contributed by atoms with E-state index in [2.05, 4.69) is 16.0 Å². The third-order valence-corrected chi connectivity index (χ3v) is 5.82. The van der Waals surface area contributed by atoms with Crippen molar-refractivity contribution in [3.05, 3.63) is 59.4 Å². The van der Waals surface area contributed by atoms with Gasteiger partial charge in [-0.25, -0.2) is 9.18 Å². The molecule has 1 aliphatic heterocycles. The summed E-state index contributed by atoms with van der Waals surface area (Å²) in [5, 5.41) is 7.36. The molecule has 10 heteroatoms. The number of carbonyl (C=O) groups is 3. The number of nitrogens with one attached hydrogen (secondary N) is 3. The van der Waals surface area contributed by atoms with Gasteiger partial charge in [0, 0.05) is 5.56 Å². The Morgan fingerprint density at radius 1 is 1.12 bits per heavy atom. The Balaban J connectivity index is 1.90. The van der Waals surface area contributed by atoms with Crippen LogP contribution in [0.5, 0.6) is 0 Å². The van der Waals surface area contributed by atoms with Gasteiger partial charge < -0.3 is 10.6 Å². The van der Waals surface area contributed by atoms with Crippen LogP contribution >= 0.6 is 0 Å². The summed E-state index contributed by atoms with van der Waals surface area (Å²) in [6, 6.07) is 6.86. The Labute approximate surface area is 187 Å². The molecule has 0 aliphatic carbocycles. The van der Waals surface area contributed by atoms with Crippen LogP contribution in [0.25, 0.3) is 11.1 Å². The number of rotatable bonds is 7. The van der Waals surface area contributed by atoms with Gasteiger partial charge in [0.25, 0.3) is 11.8 Å². The average molecular weight is 465 g/mol. The van der Waals surface area contributed by atoms with Gasteiger partial charge in [-0.05, 0) is 42.2 Å². The molecular weight excluding hydrogens is 442 g/mol. The van der Waals surface area contributed by atoms with Crippen LogP contribution in [0.4, 0.5) is 22.4 Å². The van der Waals surface area contributed by atoms with E-state index in [1.807, 2.05) is 6.92 Å². The Morgan fingerprint density at radius 3 is 2.33 bits per heavy atom. The quantitative estimate of drug-likeness (QED) is 0.422. The van der Waals surface area contributed by atoms with Crippen molar-refractivity contribution in [2.24, 2.45) is 5.92 Å². The molecule has 2 aromatic rings. The lowest BCUT2D eigenvalue weighted by atomic mass is 9.82. The van der Waals surface area contributed by atoms with Crippen LogP contribution in [0.3, 0.4) is 0 Å². The van der Waals surface area contributed by atoms with Crippen molar-refractivity contribution in [1.29, 1.82) is 0 Å². The van der Waals surface area contributed by atoms with E-state index in [0.717, 1.165) is 36.8 Å². The highest BCUT2D eigenvalue weighted by Crippen LogP contribution is 2.33. The fraction of sp³-hybridized carbons (Fsp3) is 0.348. The van der Waals surface area contributed by atoms with Crippen LogP contribution in [0.1, 0.15) is 42.6 Å². The fourth-order valence-corrected chi connectivity index (χ4v) is 3.98. The zero-order chi connectivity index (χ0) is 24.4. The normalized spacial score (nSPS) is 19.1. The number of halogens is 4. The number of urea groups is 1. The molecule has 33 heavy (non-hydrogen) atoms. The molecule has 1 saturated heterocycles. The maximum atomic E-state index is 14.7. The molecule has 2 atom stereocenters. The molecular formula is C23H23F4N3O3. The summed E-state index contributed by atoms with van der Waals surface area (Å²) >= 11 is 0. The van der Waals surface area contributed by atoms with E-state index in [1.165, 1.54) is 12.1 Å². The minimum absolute atomic E-state index is 0.0900. The SMILES string of the molecule is CCCC(C)C1(CNC(=O)c2cccc(F)c2-c2ccc(C(F)(F)F)cc2)NC(=O)NC1=O. The summed E-state index contributed by atoms with van der Waals surface area (Å²) in [4.78, 5) is 37.3. The van der Waals surface area contributed by atoms with E-state index in [0.29, 0.717) is 6.42 Å². The van der Waals surface area contributed by atoms with Crippen molar-refractivity contribution < 1.29 is 31.9 Å². The predicted molar refractivity (Wildman–Crippen MR) is 113 cm³/mol. The third kappa shape index (κ3) is 4.84. The van der Waals surface area contributed by atoms with Gasteiger partial charge in [-0.2, -0.15) is 13.2 Å². The van der Waals surface area contributed by atoms with Gasteiger partial charge in [-0.3, -0.25) is 14.9 Å². The highest BCUT2D eigenvalue weighted by atomic mass is 19.4. The Kier molecular flexibility index (Phi) is 6.76. The lowest BCUT2D eigenvalue weighted by Crippen LogP contribution is -2.59. The first kappa shape index (κ1) is 24.2. The van der Waals surface area contributed by atoms with Gasteiger partial charge in [-0.1, -0.05) is 38.5 Å². The van der Waals surface area contributed by atoms with Crippen molar-refractivity contribution >= 4 is 17.8 Å². The summed E-state index contributed by atoms with van der Waals surface area (Å²) in [6.45, 7) is 3.45. The summed E-state index contributed by atoms with van der Waals surface area (Å²) in [5.74, 6) is -2.41. The summed E-state index contributed by atoms with van der Waals surface area (Å²) in [6.07, 6.45) is -3.22. The number of carbonyl (C=O) groups excluding carboxylic acids is 3. The Hall–Kier alpha value is -3.43. The van der Waals surface area contributed by atoms with Crippen molar-refractivity contribution in [2.75, 3.05) is 6.54 Å². The predicted octanol–water partition coefficient (Wildman–Crippen LogP) is 4.26. The van der Waals surface area contributed by atoms with Crippen LogP contribution in [-0.4, -0.2) is 29.9 Å². The topological polar surface area (TPSA) is 87.3 Å². The van der Waals surface area contributed by atoms with Gasteiger partial charge in [0.1, 0.15) is 11.4 Å². The molecule has 6 nitrogen and oxygen atoms in total. The minimum atomic E-state index is -4.55. The lowest BCUT2D eigenvalue weighted by molar-refractivity contribution is -0.137. The van der Waals surface area contributed by atoms with Crippen LogP contribution in [0, 0.1) is 11.7 Å². The zero-order valence-corrected chi connectivity index (χ0v) is 18.0. The first-order valence-electron chi connectivity index (χ1n) is 10.4. The largest absolute Gasteiger partial charge is 0.416 e. The standard InChI is InChI=1S/C23H23F4N3O3/c1-3-5-13(2)22(20(32)29-21(33)30-22)12-28-19(31)16-6-4-7-17(24)18(16)14-8-10-15(11-9-14)23(25,26)27/h4,6-11,13H,3,5,12H2,1-2H3,(H,28,31)(H2,29,30,32,33). The van der Waals surface area contributed by atoms with Gasteiger partial charge in [-0.15, -0.1) is 0 Å². The maximum Gasteiger partial charge on any atom is 0.416 e. The maximum absolute atomic E-state index is 14.7. The second-order valence-electron chi connectivity index (χ2n) is 7.99. The molecule has 0 radical (unpaired) electrons. The van der Waals surface area contributed by atoms with E-state index in [1.54, 1.807) is 6.92 Å². The highest BCUT2D eigenvalue weighted by Gasteiger charge is 2.50. The zero-order valence-electron chi connectivity index (χ0n) is 18.0. The summed E-state index contributed by atoms with van der Waals surface area (Å²) in [5.41, 5.74) is -2.46. The molecule has 1 heterocycles. The van der Waals surface area contributed by atoms with E-state index in [-0.39, 0.29) is 29.2 Å². The molecule has 176 valence electrons. The molecule has 4 amide bonds. The van der Waals surface area contributed by atoms with E-state index in [9.17, 15) is 31.9 Å².